The van der Waals surface area contributed by atoms with Gasteiger partial charge in [0.25, 0.3) is 0 Å². The van der Waals surface area contributed by atoms with Crippen LogP contribution in [0.4, 0.5) is 5.69 Å². The summed E-state index contributed by atoms with van der Waals surface area (Å²) in [4.78, 5) is 0.720. The van der Waals surface area contributed by atoms with Crippen molar-refractivity contribution in [2.45, 2.75) is 13.3 Å². The first kappa shape index (κ1) is 11.0. The number of nitrogens with two attached hydrogens (primary N) is 1. The van der Waals surface area contributed by atoms with Crippen molar-refractivity contribution in [1.29, 1.82) is 0 Å². The van der Waals surface area contributed by atoms with Gasteiger partial charge in [-0.2, -0.15) is 9.61 Å². The van der Waals surface area contributed by atoms with Crippen molar-refractivity contribution in [1.82, 2.24) is 19.8 Å². The molecule has 7 heteroatoms. The van der Waals surface area contributed by atoms with Crippen LogP contribution >= 0.6 is 11.3 Å². The fourth-order valence-electron chi connectivity index (χ4n) is 1.72. The van der Waals surface area contributed by atoms with E-state index in [2.05, 4.69) is 15.3 Å². The topological polar surface area (TPSA) is 89.3 Å². The van der Waals surface area contributed by atoms with E-state index < -0.39 is 0 Å². The average Bonchev–Trinajstić information content (AvgIpc) is 2.88. The third-order valence-electron chi connectivity index (χ3n) is 2.62. The highest BCUT2D eigenvalue weighted by Gasteiger charge is 2.14. The Morgan fingerprint density at radius 3 is 2.94 bits per heavy atom. The van der Waals surface area contributed by atoms with Crippen LogP contribution in [-0.4, -0.2) is 24.9 Å². The van der Waals surface area contributed by atoms with Gasteiger partial charge in [-0.3, -0.25) is 0 Å². The van der Waals surface area contributed by atoms with Crippen LogP contribution in [0.2, 0.25) is 0 Å². The maximum absolute atomic E-state index is 9.88. The molecular formula is C11H11N5OS. The fraction of sp³-hybridized carbons (Fsp3) is 0.182. The Bertz CT molecular complexity index is 717. The Morgan fingerprint density at radius 1 is 1.39 bits per heavy atom. The number of aromatic hydroxyl groups is 1. The van der Waals surface area contributed by atoms with Gasteiger partial charge in [0.15, 0.2) is 10.8 Å². The first-order chi connectivity index (χ1) is 8.69. The zero-order valence-electron chi connectivity index (χ0n) is 9.66. The molecule has 0 unspecified atom stereocenters. The number of benzene rings is 1. The van der Waals surface area contributed by atoms with E-state index >= 15 is 0 Å². The highest BCUT2D eigenvalue weighted by atomic mass is 32.1. The summed E-state index contributed by atoms with van der Waals surface area (Å²) in [7, 11) is 0. The lowest BCUT2D eigenvalue weighted by Gasteiger charge is -2.00. The van der Waals surface area contributed by atoms with Gasteiger partial charge in [0.1, 0.15) is 5.75 Å². The van der Waals surface area contributed by atoms with Gasteiger partial charge in [-0.1, -0.05) is 18.3 Å². The number of phenols is 1. The molecule has 0 fully saturated rings. The maximum Gasteiger partial charge on any atom is 0.234 e. The monoisotopic (exact) mass is 261 g/mol. The number of aromatic nitrogens is 4. The normalized spacial score (nSPS) is 11.2. The second-order valence-corrected chi connectivity index (χ2v) is 4.80. The van der Waals surface area contributed by atoms with Crippen molar-refractivity contribution in [3.63, 3.8) is 0 Å². The van der Waals surface area contributed by atoms with Gasteiger partial charge in [0, 0.05) is 18.2 Å². The van der Waals surface area contributed by atoms with Crippen LogP contribution in [0.25, 0.3) is 15.5 Å². The zero-order chi connectivity index (χ0) is 12.7. The van der Waals surface area contributed by atoms with E-state index in [1.54, 1.807) is 16.6 Å². The van der Waals surface area contributed by atoms with Crippen LogP contribution in [0.15, 0.2) is 18.2 Å². The van der Waals surface area contributed by atoms with Gasteiger partial charge in [0.2, 0.25) is 4.96 Å². The third-order valence-corrected chi connectivity index (χ3v) is 3.56. The van der Waals surface area contributed by atoms with Crippen molar-refractivity contribution in [3.05, 3.63) is 24.0 Å². The summed E-state index contributed by atoms with van der Waals surface area (Å²) in [5, 5.41) is 23.1. The molecule has 2 aromatic heterocycles. The molecule has 0 atom stereocenters. The predicted molar refractivity (Wildman–Crippen MR) is 69.6 cm³/mol. The minimum absolute atomic E-state index is 0.123. The Hall–Kier alpha value is -2.15. The van der Waals surface area contributed by atoms with Crippen LogP contribution in [0.1, 0.15) is 12.7 Å². The van der Waals surface area contributed by atoms with Crippen molar-refractivity contribution < 1.29 is 5.11 Å². The summed E-state index contributed by atoms with van der Waals surface area (Å²) in [5.74, 6) is 0.931. The Balaban J connectivity index is 2.16. The van der Waals surface area contributed by atoms with Crippen molar-refractivity contribution in [2.24, 2.45) is 0 Å². The molecular weight excluding hydrogens is 250 g/mol. The summed E-state index contributed by atoms with van der Waals surface area (Å²) in [6, 6.07) is 5.00. The van der Waals surface area contributed by atoms with Gasteiger partial charge in [-0.25, -0.2) is 0 Å². The summed E-state index contributed by atoms with van der Waals surface area (Å²) >= 11 is 1.38. The molecule has 2 heterocycles. The molecule has 0 aliphatic rings. The fourth-order valence-corrected chi connectivity index (χ4v) is 2.61. The van der Waals surface area contributed by atoms with Crippen molar-refractivity contribution >= 4 is 22.0 Å². The second-order valence-electron chi connectivity index (χ2n) is 3.85. The number of hydrogen-bond acceptors (Lipinski definition) is 6. The lowest BCUT2D eigenvalue weighted by Crippen LogP contribution is -1.93. The molecule has 0 aliphatic carbocycles. The Labute approximate surface area is 107 Å². The highest BCUT2D eigenvalue weighted by molar-refractivity contribution is 7.19. The number of fused-ring (bicyclic) bond motifs is 1. The number of nitrogen functional groups attached to an aromatic ring is 1. The number of phenolic OH excluding ortho intramolecular Hbond substituents is 1. The van der Waals surface area contributed by atoms with Gasteiger partial charge >= 0.3 is 0 Å². The molecule has 92 valence electrons. The smallest absolute Gasteiger partial charge is 0.234 e. The molecule has 0 radical (unpaired) electrons. The lowest BCUT2D eigenvalue weighted by atomic mass is 10.2. The summed E-state index contributed by atoms with van der Waals surface area (Å²) in [6.07, 6.45) is 0.762. The quantitative estimate of drug-likeness (QED) is 0.685. The molecule has 3 aromatic rings. The van der Waals surface area contributed by atoms with E-state index in [1.807, 2.05) is 6.92 Å². The van der Waals surface area contributed by atoms with Gasteiger partial charge in [-0.15, -0.1) is 10.2 Å². The summed E-state index contributed by atoms with van der Waals surface area (Å²) in [5.41, 5.74) is 6.78. The molecule has 0 bridgehead atoms. The number of hydrogen-bond donors (Lipinski definition) is 2. The molecule has 0 amide bonds. The molecule has 3 N–H and O–H groups in total. The molecule has 3 rings (SSSR count). The number of rotatable bonds is 2. The van der Waals surface area contributed by atoms with Crippen LogP contribution in [0.5, 0.6) is 5.75 Å². The maximum atomic E-state index is 9.88. The van der Waals surface area contributed by atoms with E-state index in [-0.39, 0.29) is 5.75 Å². The van der Waals surface area contributed by atoms with E-state index in [4.69, 9.17) is 5.73 Å². The van der Waals surface area contributed by atoms with Gasteiger partial charge < -0.3 is 10.8 Å². The van der Waals surface area contributed by atoms with E-state index in [0.29, 0.717) is 16.3 Å². The SMILES string of the molecule is CCc1nnc2sc(-c3ccc(N)cc3O)nn12. The van der Waals surface area contributed by atoms with Gasteiger partial charge in [-0.05, 0) is 12.1 Å². The molecule has 1 aromatic carbocycles. The first-order valence-corrected chi connectivity index (χ1v) is 6.30. The molecule has 0 saturated heterocycles. The van der Waals surface area contributed by atoms with Crippen LogP contribution in [0.3, 0.4) is 0 Å². The Morgan fingerprint density at radius 2 is 2.22 bits per heavy atom. The first-order valence-electron chi connectivity index (χ1n) is 5.49. The average molecular weight is 261 g/mol. The third kappa shape index (κ3) is 1.60. The highest BCUT2D eigenvalue weighted by Crippen LogP contribution is 2.33. The Kier molecular flexibility index (Phi) is 2.41. The lowest BCUT2D eigenvalue weighted by molar-refractivity contribution is 0.477. The molecule has 0 aliphatic heterocycles. The van der Waals surface area contributed by atoms with Crippen LogP contribution in [-0.2, 0) is 6.42 Å². The predicted octanol–water partition coefficient (Wildman–Crippen LogP) is 1.70. The van der Waals surface area contributed by atoms with Crippen LogP contribution < -0.4 is 5.73 Å². The van der Waals surface area contributed by atoms with Crippen molar-refractivity contribution in [3.8, 4) is 16.3 Å². The summed E-state index contributed by atoms with van der Waals surface area (Å²) in [6.45, 7) is 2.00. The second kappa shape index (κ2) is 3.95. The molecule has 18 heavy (non-hydrogen) atoms. The molecule has 0 saturated carbocycles. The largest absolute Gasteiger partial charge is 0.507 e. The minimum atomic E-state index is 0.123. The van der Waals surface area contributed by atoms with E-state index in [0.717, 1.165) is 17.2 Å². The van der Waals surface area contributed by atoms with Crippen LogP contribution in [0, 0.1) is 0 Å². The minimum Gasteiger partial charge on any atom is -0.507 e. The van der Waals surface area contributed by atoms with Crippen molar-refractivity contribution in [2.75, 3.05) is 5.73 Å². The molecule has 6 nitrogen and oxygen atoms in total. The number of anilines is 1. The summed E-state index contributed by atoms with van der Waals surface area (Å²) < 4.78 is 1.70. The number of aryl methyl sites for hydroxylation is 1. The standard InChI is InChI=1S/C11H11N5OS/c1-2-9-13-14-11-16(9)15-10(18-11)7-4-3-6(12)5-8(7)17/h3-5,17H,2,12H2,1H3. The molecule has 0 spiro atoms. The zero-order valence-corrected chi connectivity index (χ0v) is 10.5. The van der Waals surface area contributed by atoms with Gasteiger partial charge in [0.05, 0.1) is 5.56 Å². The van der Waals surface area contributed by atoms with E-state index in [9.17, 15) is 5.11 Å². The van der Waals surface area contributed by atoms with E-state index in [1.165, 1.54) is 17.4 Å². The number of nitrogens with zero attached hydrogens (tertiary/aromatic N) is 4.